The Morgan fingerprint density at radius 1 is 1.21 bits per heavy atom. The Morgan fingerprint density at radius 2 is 2.07 bits per heavy atom. The highest BCUT2D eigenvalue weighted by molar-refractivity contribution is 6.05. The molecule has 2 N–H and O–H groups in total. The highest BCUT2D eigenvalue weighted by Gasteiger charge is 2.42. The lowest BCUT2D eigenvalue weighted by molar-refractivity contribution is -0.136. The molecule has 3 aliphatic heterocycles. The van der Waals surface area contributed by atoms with Gasteiger partial charge < -0.3 is 10.2 Å². The number of benzene rings is 1. The van der Waals surface area contributed by atoms with Crippen LogP contribution in [-0.2, 0) is 22.7 Å². The molecule has 2 saturated heterocycles. The average molecular weight is 382 g/mol. The number of nitrogens with zero attached hydrogens (tertiary/aromatic N) is 2. The van der Waals surface area contributed by atoms with Crippen molar-refractivity contribution in [2.24, 2.45) is 5.92 Å². The van der Waals surface area contributed by atoms with E-state index in [1.807, 2.05) is 12.1 Å². The van der Waals surface area contributed by atoms with Crippen molar-refractivity contribution < 1.29 is 14.4 Å². The first kappa shape index (κ1) is 17.8. The normalized spacial score (nSPS) is 31.6. The van der Waals surface area contributed by atoms with Gasteiger partial charge in [-0.1, -0.05) is 12.1 Å². The van der Waals surface area contributed by atoms with E-state index in [9.17, 15) is 14.4 Å². The molecule has 3 fully saturated rings. The van der Waals surface area contributed by atoms with E-state index in [0.717, 1.165) is 30.1 Å². The summed E-state index contributed by atoms with van der Waals surface area (Å²) in [7, 11) is 2.16. The first-order valence-electron chi connectivity index (χ1n) is 10.2. The Balaban J connectivity index is 1.29. The standard InChI is InChI=1S/C21H26N4O3/c1-24(18-8-13-7-16(18)22-9-13)10-12-2-3-14-11-25(21(28)15(14)6-12)17-4-5-19(26)23-20(17)27/h2-3,6,13,16-18,22H,4-5,7-11H2,1H3,(H,23,26,27)/t13-,16+,17?,18-/m1/s1. The van der Waals surface area contributed by atoms with Crippen molar-refractivity contribution in [2.75, 3.05) is 13.6 Å². The molecule has 7 nitrogen and oxygen atoms in total. The van der Waals surface area contributed by atoms with E-state index in [4.69, 9.17) is 0 Å². The maximum absolute atomic E-state index is 13.0. The number of rotatable bonds is 4. The summed E-state index contributed by atoms with van der Waals surface area (Å²) in [4.78, 5) is 40.5. The zero-order chi connectivity index (χ0) is 19.4. The molecular weight excluding hydrogens is 356 g/mol. The molecule has 148 valence electrons. The van der Waals surface area contributed by atoms with Crippen molar-refractivity contribution in [2.45, 2.75) is 56.9 Å². The van der Waals surface area contributed by atoms with Crippen LogP contribution >= 0.6 is 0 Å². The van der Waals surface area contributed by atoms with Gasteiger partial charge in [0.15, 0.2) is 0 Å². The zero-order valence-corrected chi connectivity index (χ0v) is 16.1. The summed E-state index contributed by atoms with van der Waals surface area (Å²) in [6.07, 6.45) is 3.21. The van der Waals surface area contributed by atoms with Gasteiger partial charge in [0.2, 0.25) is 11.8 Å². The smallest absolute Gasteiger partial charge is 0.255 e. The van der Waals surface area contributed by atoms with E-state index in [2.05, 4.69) is 28.6 Å². The molecule has 3 heterocycles. The summed E-state index contributed by atoms with van der Waals surface area (Å²) in [6, 6.07) is 6.69. The second-order valence-corrected chi connectivity index (χ2v) is 8.73. The predicted molar refractivity (Wildman–Crippen MR) is 102 cm³/mol. The van der Waals surface area contributed by atoms with Crippen molar-refractivity contribution in [3.05, 3.63) is 34.9 Å². The second kappa shape index (κ2) is 6.67. The molecule has 28 heavy (non-hydrogen) atoms. The van der Waals surface area contributed by atoms with Gasteiger partial charge >= 0.3 is 0 Å². The number of likely N-dealkylation sites (N-methyl/N-ethyl adjacent to an activating group) is 1. The van der Waals surface area contributed by atoms with Crippen molar-refractivity contribution in [3.63, 3.8) is 0 Å². The fourth-order valence-electron chi connectivity index (χ4n) is 5.41. The topological polar surface area (TPSA) is 81.8 Å². The maximum atomic E-state index is 13.0. The monoisotopic (exact) mass is 382 g/mol. The molecule has 1 saturated carbocycles. The van der Waals surface area contributed by atoms with Gasteiger partial charge in [-0.05, 0) is 56.0 Å². The van der Waals surface area contributed by atoms with Crippen molar-refractivity contribution in [1.29, 1.82) is 0 Å². The van der Waals surface area contributed by atoms with E-state index in [0.29, 0.717) is 30.6 Å². The number of fused-ring (bicyclic) bond motifs is 3. The second-order valence-electron chi connectivity index (χ2n) is 8.73. The Labute approximate surface area is 164 Å². The molecule has 0 aromatic heterocycles. The van der Waals surface area contributed by atoms with E-state index in [1.165, 1.54) is 12.8 Å². The average Bonchev–Trinajstić information content (AvgIpc) is 3.37. The SMILES string of the molecule is CN(Cc1ccc2c(c1)C(=O)N(C1CCC(=O)NC1=O)C2)[C@@H]1C[C@@H]2CN[C@H]1C2. The molecular formula is C21H26N4O3. The van der Waals surface area contributed by atoms with E-state index >= 15 is 0 Å². The molecule has 1 aromatic carbocycles. The minimum Gasteiger partial charge on any atom is -0.322 e. The van der Waals surface area contributed by atoms with Gasteiger partial charge in [-0.2, -0.15) is 0 Å². The summed E-state index contributed by atoms with van der Waals surface area (Å²) in [5.74, 6) is 0.0868. The number of hydrogen-bond acceptors (Lipinski definition) is 5. The summed E-state index contributed by atoms with van der Waals surface area (Å²) in [6.45, 7) is 2.40. The minimum atomic E-state index is -0.552. The van der Waals surface area contributed by atoms with Crippen LogP contribution in [0.2, 0.25) is 0 Å². The van der Waals surface area contributed by atoms with Crippen LogP contribution in [0.4, 0.5) is 0 Å². The minimum absolute atomic E-state index is 0.101. The van der Waals surface area contributed by atoms with Crippen LogP contribution in [0.1, 0.15) is 47.2 Å². The van der Waals surface area contributed by atoms with Gasteiger partial charge in [-0.25, -0.2) is 0 Å². The largest absolute Gasteiger partial charge is 0.322 e. The first-order valence-corrected chi connectivity index (χ1v) is 10.2. The van der Waals surface area contributed by atoms with Crippen LogP contribution in [0.5, 0.6) is 0 Å². The fraction of sp³-hybridized carbons (Fsp3) is 0.571. The number of hydrogen-bond donors (Lipinski definition) is 2. The molecule has 7 heteroatoms. The number of carbonyl (C=O) groups is 3. The lowest BCUT2D eigenvalue weighted by Crippen LogP contribution is -2.52. The van der Waals surface area contributed by atoms with Crippen molar-refractivity contribution in [3.8, 4) is 0 Å². The molecule has 1 aliphatic carbocycles. The molecule has 4 aliphatic rings. The first-order chi connectivity index (χ1) is 13.5. The van der Waals surface area contributed by atoms with Crippen molar-refractivity contribution in [1.82, 2.24) is 20.4 Å². The van der Waals surface area contributed by atoms with Crippen LogP contribution < -0.4 is 10.6 Å². The number of nitrogens with one attached hydrogen (secondary N) is 2. The number of piperidine rings is 2. The highest BCUT2D eigenvalue weighted by Crippen LogP contribution is 2.35. The molecule has 5 rings (SSSR count). The van der Waals surface area contributed by atoms with Crippen LogP contribution in [-0.4, -0.2) is 59.2 Å². The Kier molecular flexibility index (Phi) is 4.25. The molecule has 1 aromatic rings. The van der Waals surface area contributed by atoms with E-state index in [-0.39, 0.29) is 24.1 Å². The quantitative estimate of drug-likeness (QED) is 0.747. The summed E-state index contributed by atoms with van der Waals surface area (Å²) in [5, 5.41) is 5.96. The van der Waals surface area contributed by atoms with Gasteiger partial charge in [0.05, 0.1) is 0 Å². The van der Waals surface area contributed by atoms with Crippen LogP contribution in [0.25, 0.3) is 0 Å². The molecule has 3 amide bonds. The third-order valence-corrected chi connectivity index (χ3v) is 6.89. The third-order valence-electron chi connectivity index (χ3n) is 6.89. The van der Waals surface area contributed by atoms with Gasteiger partial charge in [0.1, 0.15) is 6.04 Å². The summed E-state index contributed by atoms with van der Waals surface area (Å²) >= 11 is 0. The number of imide groups is 1. The third kappa shape index (κ3) is 2.93. The Hall–Kier alpha value is -2.25. The highest BCUT2D eigenvalue weighted by atomic mass is 16.2. The van der Waals surface area contributed by atoms with Crippen LogP contribution in [0, 0.1) is 5.92 Å². The fourth-order valence-corrected chi connectivity index (χ4v) is 5.41. The van der Waals surface area contributed by atoms with Gasteiger partial charge in [-0.3, -0.25) is 24.6 Å². The molecule has 4 atom stereocenters. The zero-order valence-electron chi connectivity index (χ0n) is 16.1. The number of carbonyl (C=O) groups excluding carboxylic acids is 3. The van der Waals surface area contributed by atoms with E-state index in [1.54, 1.807) is 4.90 Å². The lowest BCUT2D eigenvalue weighted by atomic mass is 10.0. The maximum Gasteiger partial charge on any atom is 0.255 e. The molecule has 1 unspecified atom stereocenters. The predicted octanol–water partition coefficient (Wildman–Crippen LogP) is 0.630. The van der Waals surface area contributed by atoms with Gasteiger partial charge in [0.25, 0.3) is 5.91 Å². The van der Waals surface area contributed by atoms with Crippen LogP contribution in [0.3, 0.4) is 0 Å². The Morgan fingerprint density at radius 3 is 2.79 bits per heavy atom. The molecule has 0 spiro atoms. The van der Waals surface area contributed by atoms with Gasteiger partial charge in [0, 0.05) is 37.2 Å². The van der Waals surface area contributed by atoms with Crippen molar-refractivity contribution >= 4 is 17.7 Å². The Bertz CT molecular complexity index is 854. The lowest BCUT2D eigenvalue weighted by Gasteiger charge is -2.32. The molecule has 2 bridgehead atoms. The molecule has 0 radical (unpaired) electrons. The van der Waals surface area contributed by atoms with E-state index < -0.39 is 6.04 Å². The summed E-state index contributed by atoms with van der Waals surface area (Å²) < 4.78 is 0. The number of amides is 3. The van der Waals surface area contributed by atoms with Gasteiger partial charge in [-0.15, -0.1) is 0 Å². The summed E-state index contributed by atoms with van der Waals surface area (Å²) in [5.41, 5.74) is 2.78. The van der Waals surface area contributed by atoms with Crippen LogP contribution in [0.15, 0.2) is 18.2 Å².